The molecule has 0 amide bonds. The van der Waals surface area contributed by atoms with E-state index in [1.165, 1.54) is 16.4 Å². The Morgan fingerprint density at radius 1 is 1.35 bits per heavy atom. The SMILES string of the molecule is CC1(C)CCCN1S(=O)(=O)c1cc(Cl)cc(CO)c1Cl. The zero-order valence-electron chi connectivity index (χ0n) is 11.4. The Morgan fingerprint density at radius 3 is 2.50 bits per heavy atom. The van der Waals surface area contributed by atoms with Gasteiger partial charge in [-0.15, -0.1) is 0 Å². The van der Waals surface area contributed by atoms with Gasteiger partial charge in [0.05, 0.1) is 11.6 Å². The van der Waals surface area contributed by atoms with E-state index < -0.39 is 15.6 Å². The molecule has 0 bridgehead atoms. The van der Waals surface area contributed by atoms with Gasteiger partial charge in [0.25, 0.3) is 0 Å². The zero-order valence-corrected chi connectivity index (χ0v) is 13.7. The Labute approximate surface area is 129 Å². The minimum absolute atomic E-state index is 0.0364. The molecule has 0 aromatic heterocycles. The highest BCUT2D eigenvalue weighted by Gasteiger charge is 2.41. The summed E-state index contributed by atoms with van der Waals surface area (Å²) >= 11 is 12.0. The van der Waals surface area contributed by atoms with Crippen LogP contribution in [0.5, 0.6) is 0 Å². The van der Waals surface area contributed by atoms with Gasteiger partial charge in [-0.1, -0.05) is 23.2 Å². The van der Waals surface area contributed by atoms with E-state index in [-0.39, 0.29) is 21.5 Å². The molecule has 1 saturated heterocycles. The molecule has 1 aromatic carbocycles. The van der Waals surface area contributed by atoms with Crippen LogP contribution in [0.4, 0.5) is 0 Å². The highest BCUT2D eigenvalue weighted by atomic mass is 35.5. The van der Waals surface area contributed by atoms with Crippen LogP contribution in [-0.4, -0.2) is 29.9 Å². The quantitative estimate of drug-likeness (QED) is 0.922. The lowest BCUT2D eigenvalue weighted by Gasteiger charge is -2.31. The van der Waals surface area contributed by atoms with Crippen molar-refractivity contribution in [1.29, 1.82) is 0 Å². The fourth-order valence-electron chi connectivity index (χ4n) is 2.57. The Hall–Kier alpha value is -0.330. The van der Waals surface area contributed by atoms with Crippen molar-refractivity contribution in [1.82, 2.24) is 4.31 Å². The molecular weight excluding hydrogens is 321 g/mol. The lowest BCUT2D eigenvalue weighted by Crippen LogP contribution is -2.42. The first-order chi connectivity index (χ1) is 9.20. The first kappa shape index (κ1) is 16.0. The van der Waals surface area contributed by atoms with Gasteiger partial charge in [-0.2, -0.15) is 4.31 Å². The number of nitrogens with zero attached hydrogens (tertiary/aromatic N) is 1. The largest absolute Gasteiger partial charge is 0.392 e. The van der Waals surface area contributed by atoms with Crippen LogP contribution in [0, 0.1) is 0 Å². The Morgan fingerprint density at radius 2 is 2.00 bits per heavy atom. The van der Waals surface area contributed by atoms with Crippen LogP contribution >= 0.6 is 23.2 Å². The molecular formula is C13H17Cl2NO3S. The Balaban J connectivity index is 2.58. The van der Waals surface area contributed by atoms with E-state index in [0.29, 0.717) is 12.1 Å². The van der Waals surface area contributed by atoms with E-state index in [1.807, 2.05) is 13.8 Å². The summed E-state index contributed by atoms with van der Waals surface area (Å²) < 4.78 is 27.0. The molecule has 2 rings (SSSR count). The molecule has 1 aromatic rings. The smallest absolute Gasteiger partial charge is 0.245 e. The predicted octanol–water partition coefficient (Wildman–Crippen LogP) is 3.05. The Bertz CT molecular complexity index is 629. The van der Waals surface area contributed by atoms with E-state index in [0.717, 1.165) is 12.8 Å². The van der Waals surface area contributed by atoms with Crippen molar-refractivity contribution in [3.05, 3.63) is 27.7 Å². The number of rotatable bonds is 3. The first-order valence-electron chi connectivity index (χ1n) is 6.32. The molecule has 112 valence electrons. The van der Waals surface area contributed by atoms with Crippen LogP contribution in [0.1, 0.15) is 32.3 Å². The van der Waals surface area contributed by atoms with Crippen LogP contribution in [0.2, 0.25) is 10.0 Å². The van der Waals surface area contributed by atoms with Gasteiger partial charge in [0.15, 0.2) is 0 Å². The van der Waals surface area contributed by atoms with Crippen LogP contribution in [0.3, 0.4) is 0 Å². The third-order valence-electron chi connectivity index (χ3n) is 3.64. The van der Waals surface area contributed by atoms with E-state index in [1.54, 1.807) is 0 Å². The second kappa shape index (κ2) is 5.46. The molecule has 20 heavy (non-hydrogen) atoms. The van der Waals surface area contributed by atoms with Crippen LogP contribution in [-0.2, 0) is 16.6 Å². The molecule has 7 heteroatoms. The van der Waals surface area contributed by atoms with Crippen LogP contribution in [0.15, 0.2) is 17.0 Å². The minimum Gasteiger partial charge on any atom is -0.392 e. The molecule has 1 fully saturated rings. The maximum atomic E-state index is 12.8. The van der Waals surface area contributed by atoms with Crippen molar-refractivity contribution in [3.8, 4) is 0 Å². The van der Waals surface area contributed by atoms with Gasteiger partial charge in [-0.05, 0) is 44.4 Å². The van der Waals surface area contributed by atoms with Crippen molar-refractivity contribution >= 4 is 33.2 Å². The summed E-state index contributed by atoms with van der Waals surface area (Å²) in [7, 11) is -3.73. The second-order valence-corrected chi connectivity index (χ2v) is 8.17. The van der Waals surface area contributed by atoms with Crippen LogP contribution in [0.25, 0.3) is 0 Å². The van der Waals surface area contributed by atoms with Gasteiger partial charge < -0.3 is 5.11 Å². The first-order valence-corrected chi connectivity index (χ1v) is 8.51. The maximum Gasteiger partial charge on any atom is 0.245 e. The second-order valence-electron chi connectivity index (χ2n) is 5.53. The number of aliphatic hydroxyl groups is 1. The average molecular weight is 338 g/mol. The third-order valence-corrected chi connectivity index (χ3v) is 6.55. The van der Waals surface area contributed by atoms with E-state index in [9.17, 15) is 13.5 Å². The van der Waals surface area contributed by atoms with Crippen molar-refractivity contribution in [2.45, 2.75) is 43.7 Å². The lowest BCUT2D eigenvalue weighted by molar-refractivity contribution is 0.281. The monoisotopic (exact) mass is 337 g/mol. The summed E-state index contributed by atoms with van der Waals surface area (Å²) in [5.41, 5.74) is -0.126. The van der Waals surface area contributed by atoms with E-state index in [4.69, 9.17) is 23.2 Å². The highest BCUT2D eigenvalue weighted by Crippen LogP contribution is 2.38. The molecule has 0 radical (unpaired) electrons. The molecule has 0 atom stereocenters. The van der Waals surface area contributed by atoms with Crippen molar-refractivity contribution in [2.24, 2.45) is 0 Å². The zero-order chi connectivity index (χ0) is 15.1. The summed E-state index contributed by atoms with van der Waals surface area (Å²) in [5.74, 6) is 0. The number of hydrogen-bond donors (Lipinski definition) is 1. The standard InChI is InChI=1S/C13H17Cl2NO3S/c1-13(2)4-3-5-16(13)20(18,19)11-7-10(14)6-9(8-17)12(11)15/h6-7,17H,3-5,8H2,1-2H3. The highest BCUT2D eigenvalue weighted by molar-refractivity contribution is 7.89. The number of hydrogen-bond acceptors (Lipinski definition) is 3. The van der Waals surface area contributed by atoms with Gasteiger partial charge in [0, 0.05) is 17.1 Å². The van der Waals surface area contributed by atoms with Crippen LogP contribution < -0.4 is 0 Å². The number of sulfonamides is 1. The molecule has 0 saturated carbocycles. The molecule has 1 aliphatic heterocycles. The summed E-state index contributed by atoms with van der Waals surface area (Å²) in [6, 6.07) is 2.81. The molecule has 1 aliphatic rings. The predicted molar refractivity (Wildman–Crippen MR) is 79.6 cm³/mol. The van der Waals surface area contributed by atoms with E-state index >= 15 is 0 Å². The maximum absolute atomic E-state index is 12.8. The summed E-state index contributed by atoms with van der Waals surface area (Å²) in [5, 5.41) is 9.54. The molecule has 4 nitrogen and oxygen atoms in total. The molecule has 1 N–H and O–H groups in total. The summed E-state index contributed by atoms with van der Waals surface area (Å²) in [6.45, 7) is 3.89. The Kier molecular flexibility index (Phi) is 4.38. The molecule has 1 heterocycles. The summed E-state index contributed by atoms with van der Waals surface area (Å²) in [6.07, 6.45) is 1.62. The topological polar surface area (TPSA) is 57.6 Å². The normalized spacial score (nSPS) is 19.4. The lowest BCUT2D eigenvalue weighted by atomic mass is 10.0. The summed E-state index contributed by atoms with van der Waals surface area (Å²) in [4.78, 5) is -0.0364. The fourth-order valence-corrected chi connectivity index (χ4v) is 5.32. The van der Waals surface area contributed by atoms with Gasteiger partial charge in [-0.25, -0.2) is 8.42 Å². The van der Waals surface area contributed by atoms with Gasteiger partial charge in [0.2, 0.25) is 10.0 Å². The fraction of sp³-hybridized carbons (Fsp3) is 0.538. The third kappa shape index (κ3) is 2.70. The van der Waals surface area contributed by atoms with Gasteiger partial charge in [0.1, 0.15) is 4.90 Å². The average Bonchev–Trinajstić information content (AvgIpc) is 2.71. The van der Waals surface area contributed by atoms with Gasteiger partial charge in [-0.3, -0.25) is 0 Å². The van der Waals surface area contributed by atoms with Crippen molar-refractivity contribution in [2.75, 3.05) is 6.54 Å². The van der Waals surface area contributed by atoms with E-state index in [2.05, 4.69) is 0 Å². The number of halogens is 2. The van der Waals surface area contributed by atoms with Crippen molar-refractivity contribution in [3.63, 3.8) is 0 Å². The van der Waals surface area contributed by atoms with Gasteiger partial charge >= 0.3 is 0 Å². The molecule has 0 aliphatic carbocycles. The molecule has 0 unspecified atom stereocenters. The number of benzene rings is 1. The van der Waals surface area contributed by atoms with Crippen molar-refractivity contribution < 1.29 is 13.5 Å². The molecule has 0 spiro atoms. The number of aliphatic hydroxyl groups excluding tert-OH is 1. The minimum atomic E-state index is -3.73.